The molecule has 0 bridgehead atoms. The molecule has 0 saturated heterocycles. The number of thiol groups is 1. The standard InChI is InChI=1S/C9H11Cl2NS/c1-9(12,13)5-6-2-3-7(10)4-8(6)11/h2-4,13H,5,12H2,1H3. The lowest BCUT2D eigenvalue weighted by molar-refractivity contribution is 0.679. The molecule has 0 spiro atoms. The van der Waals surface area contributed by atoms with Crippen molar-refractivity contribution >= 4 is 35.8 Å². The number of halogens is 2. The Morgan fingerprint density at radius 1 is 1.46 bits per heavy atom. The van der Waals surface area contributed by atoms with E-state index in [2.05, 4.69) is 12.6 Å². The molecule has 0 aromatic heterocycles. The molecule has 1 atom stereocenters. The topological polar surface area (TPSA) is 26.0 Å². The summed E-state index contributed by atoms with van der Waals surface area (Å²) in [6.07, 6.45) is 0.617. The molecule has 2 N–H and O–H groups in total. The number of benzene rings is 1. The fourth-order valence-electron chi connectivity index (χ4n) is 1.05. The molecule has 0 heterocycles. The molecule has 0 aliphatic heterocycles. The summed E-state index contributed by atoms with van der Waals surface area (Å²) in [6, 6.07) is 5.37. The average Bonchev–Trinajstić information content (AvgIpc) is 1.93. The summed E-state index contributed by atoms with van der Waals surface area (Å²) in [6.45, 7) is 1.83. The van der Waals surface area contributed by atoms with Crippen LogP contribution in [0, 0.1) is 0 Å². The summed E-state index contributed by atoms with van der Waals surface area (Å²) in [5.41, 5.74) is 6.71. The van der Waals surface area contributed by atoms with Gasteiger partial charge in [0.1, 0.15) is 0 Å². The molecule has 72 valence electrons. The Hall–Kier alpha value is 0.110. The van der Waals surface area contributed by atoms with Crippen molar-refractivity contribution in [2.75, 3.05) is 0 Å². The number of rotatable bonds is 2. The normalized spacial score (nSPS) is 15.5. The molecule has 4 heteroatoms. The van der Waals surface area contributed by atoms with Crippen LogP contribution in [-0.2, 0) is 6.42 Å². The van der Waals surface area contributed by atoms with Gasteiger partial charge in [-0.1, -0.05) is 29.3 Å². The quantitative estimate of drug-likeness (QED) is 0.598. The fraction of sp³-hybridized carbons (Fsp3) is 0.333. The first-order valence-corrected chi connectivity index (χ1v) is 5.04. The summed E-state index contributed by atoms with van der Waals surface area (Å²) in [5.74, 6) is 0. The maximum absolute atomic E-state index is 5.96. The maximum atomic E-state index is 5.96. The summed E-state index contributed by atoms with van der Waals surface area (Å²) < 4.78 is 0. The Morgan fingerprint density at radius 2 is 2.08 bits per heavy atom. The van der Waals surface area contributed by atoms with E-state index in [0.29, 0.717) is 16.5 Å². The van der Waals surface area contributed by atoms with Gasteiger partial charge in [0.15, 0.2) is 0 Å². The van der Waals surface area contributed by atoms with Gasteiger partial charge in [-0.2, -0.15) is 12.6 Å². The van der Waals surface area contributed by atoms with E-state index in [1.165, 1.54) is 0 Å². The lowest BCUT2D eigenvalue weighted by Crippen LogP contribution is -2.31. The highest BCUT2D eigenvalue weighted by atomic mass is 35.5. The Balaban J connectivity index is 2.90. The van der Waals surface area contributed by atoms with Crippen molar-refractivity contribution in [2.24, 2.45) is 5.73 Å². The van der Waals surface area contributed by atoms with Gasteiger partial charge < -0.3 is 5.73 Å². The molecular weight excluding hydrogens is 225 g/mol. The maximum Gasteiger partial charge on any atom is 0.0603 e. The van der Waals surface area contributed by atoms with Gasteiger partial charge in [-0.15, -0.1) is 0 Å². The molecule has 0 aliphatic rings. The molecule has 1 unspecified atom stereocenters. The Labute approximate surface area is 93.6 Å². The molecule has 1 aromatic carbocycles. The van der Waals surface area contributed by atoms with E-state index in [0.717, 1.165) is 5.56 Å². The third kappa shape index (κ3) is 3.77. The molecule has 0 saturated carbocycles. The van der Waals surface area contributed by atoms with E-state index in [1.807, 2.05) is 13.0 Å². The highest BCUT2D eigenvalue weighted by molar-refractivity contribution is 7.81. The predicted octanol–water partition coefficient (Wildman–Crippen LogP) is 3.14. The van der Waals surface area contributed by atoms with Crippen LogP contribution in [0.4, 0.5) is 0 Å². The van der Waals surface area contributed by atoms with Gasteiger partial charge in [0.2, 0.25) is 0 Å². The minimum atomic E-state index is -0.544. The average molecular weight is 236 g/mol. The highest BCUT2D eigenvalue weighted by Crippen LogP contribution is 2.24. The Morgan fingerprint density at radius 3 is 2.54 bits per heavy atom. The van der Waals surface area contributed by atoms with Gasteiger partial charge in [0.05, 0.1) is 4.87 Å². The zero-order chi connectivity index (χ0) is 10.1. The van der Waals surface area contributed by atoms with Crippen LogP contribution in [-0.4, -0.2) is 4.87 Å². The van der Waals surface area contributed by atoms with E-state index >= 15 is 0 Å². The molecule has 0 fully saturated rings. The molecular formula is C9H11Cl2NS. The number of nitrogens with two attached hydrogens (primary N) is 1. The lowest BCUT2D eigenvalue weighted by atomic mass is 10.1. The number of hydrogen-bond donors (Lipinski definition) is 2. The first-order valence-electron chi connectivity index (χ1n) is 3.84. The third-order valence-electron chi connectivity index (χ3n) is 1.56. The molecule has 0 amide bonds. The summed E-state index contributed by atoms with van der Waals surface area (Å²) in [7, 11) is 0. The summed E-state index contributed by atoms with van der Waals surface area (Å²) in [5, 5.41) is 1.27. The van der Waals surface area contributed by atoms with Crippen LogP contribution in [0.5, 0.6) is 0 Å². The summed E-state index contributed by atoms with van der Waals surface area (Å²) >= 11 is 15.9. The zero-order valence-electron chi connectivity index (χ0n) is 7.22. The van der Waals surface area contributed by atoms with Crippen molar-refractivity contribution in [3.63, 3.8) is 0 Å². The van der Waals surface area contributed by atoms with E-state index in [4.69, 9.17) is 28.9 Å². The predicted molar refractivity (Wildman–Crippen MR) is 61.7 cm³/mol. The van der Waals surface area contributed by atoms with Gasteiger partial charge in [-0.05, 0) is 24.6 Å². The van der Waals surface area contributed by atoms with Gasteiger partial charge in [0.25, 0.3) is 0 Å². The van der Waals surface area contributed by atoms with E-state index in [9.17, 15) is 0 Å². The molecule has 1 nitrogen and oxygen atoms in total. The van der Waals surface area contributed by atoms with Crippen LogP contribution in [0.3, 0.4) is 0 Å². The monoisotopic (exact) mass is 235 g/mol. The van der Waals surface area contributed by atoms with Crippen LogP contribution >= 0.6 is 35.8 Å². The SMILES string of the molecule is CC(N)(S)Cc1ccc(Cl)cc1Cl. The van der Waals surface area contributed by atoms with Crippen molar-refractivity contribution in [3.05, 3.63) is 33.8 Å². The molecule has 1 aromatic rings. The van der Waals surface area contributed by atoms with Crippen molar-refractivity contribution < 1.29 is 0 Å². The van der Waals surface area contributed by atoms with Crippen LogP contribution in [0.2, 0.25) is 10.0 Å². The van der Waals surface area contributed by atoms with E-state index in [-0.39, 0.29) is 0 Å². The van der Waals surface area contributed by atoms with E-state index in [1.54, 1.807) is 12.1 Å². The van der Waals surface area contributed by atoms with Gasteiger partial charge in [-0.25, -0.2) is 0 Å². The third-order valence-corrected chi connectivity index (χ3v) is 2.31. The Bertz CT molecular complexity index is 307. The highest BCUT2D eigenvalue weighted by Gasteiger charge is 2.14. The second kappa shape index (κ2) is 4.09. The molecule has 0 radical (unpaired) electrons. The number of hydrogen-bond acceptors (Lipinski definition) is 2. The van der Waals surface area contributed by atoms with Gasteiger partial charge in [0, 0.05) is 16.5 Å². The first kappa shape index (κ1) is 11.2. The van der Waals surface area contributed by atoms with Crippen molar-refractivity contribution in [1.82, 2.24) is 0 Å². The molecule has 13 heavy (non-hydrogen) atoms. The van der Waals surface area contributed by atoms with Crippen LogP contribution in [0.25, 0.3) is 0 Å². The molecule has 0 aliphatic carbocycles. The minimum Gasteiger partial charge on any atom is -0.317 e. The Kier molecular flexibility index (Phi) is 3.52. The van der Waals surface area contributed by atoms with E-state index < -0.39 is 4.87 Å². The van der Waals surface area contributed by atoms with Crippen molar-refractivity contribution in [2.45, 2.75) is 18.2 Å². The second-order valence-electron chi connectivity index (χ2n) is 3.27. The van der Waals surface area contributed by atoms with Crippen LogP contribution < -0.4 is 5.73 Å². The lowest BCUT2D eigenvalue weighted by Gasteiger charge is -2.18. The molecule has 1 rings (SSSR count). The smallest absolute Gasteiger partial charge is 0.0603 e. The summed E-state index contributed by atoms with van der Waals surface area (Å²) in [4.78, 5) is -0.544. The first-order chi connectivity index (χ1) is 5.88. The fourth-order valence-corrected chi connectivity index (χ4v) is 1.70. The van der Waals surface area contributed by atoms with Crippen LogP contribution in [0.15, 0.2) is 18.2 Å². The minimum absolute atomic E-state index is 0.544. The zero-order valence-corrected chi connectivity index (χ0v) is 9.63. The van der Waals surface area contributed by atoms with Gasteiger partial charge >= 0.3 is 0 Å². The van der Waals surface area contributed by atoms with Crippen molar-refractivity contribution in [1.29, 1.82) is 0 Å². The van der Waals surface area contributed by atoms with Crippen LogP contribution in [0.1, 0.15) is 12.5 Å². The van der Waals surface area contributed by atoms with Gasteiger partial charge in [-0.3, -0.25) is 0 Å². The largest absolute Gasteiger partial charge is 0.317 e. The second-order valence-corrected chi connectivity index (χ2v) is 5.13. The van der Waals surface area contributed by atoms with Crippen molar-refractivity contribution in [3.8, 4) is 0 Å².